The number of nitrogens with zero attached hydrogens (tertiary/aromatic N) is 3. The van der Waals surface area contributed by atoms with Gasteiger partial charge in [0.2, 0.25) is 0 Å². The van der Waals surface area contributed by atoms with Crippen molar-refractivity contribution < 1.29 is 14.0 Å². The van der Waals surface area contributed by atoms with Gasteiger partial charge in [0.15, 0.2) is 11.4 Å². The van der Waals surface area contributed by atoms with Crippen LogP contribution in [-0.4, -0.2) is 39.8 Å². The molecule has 1 heterocycles. The number of aromatic nitrogens is 2. The van der Waals surface area contributed by atoms with Gasteiger partial charge in [0.05, 0.1) is 0 Å². The maximum Gasteiger partial charge on any atom is 0.276 e. The van der Waals surface area contributed by atoms with Crippen molar-refractivity contribution in [1.82, 2.24) is 20.2 Å². The zero-order chi connectivity index (χ0) is 22.9. The Morgan fingerprint density at radius 1 is 0.906 bits per heavy atom. The summed E-state index contributed by atoms with van der Waals surface area (Å²) in [5.74, 6) is -1.41. The van der Waals surface area contributed by atoms with E-state index in [0.29, 0.717) is 5.69 Å². The second-order valence-electron chi connectivity index (χ2n) is 7.18. The van der Waals surface area contributed by atoms with E-state index < -0.39 is 11.8 Å². The molecular formula is C24H26FN5O2. The van der Waals surface area contributed by atoms with Crippen molar-refractivity contribution in [2.24, 2.45) is 0 Å². The molecule has 1 aromatic heterocycles. The summed E-state index contributed by atoms with van der Waals surface area (Å²) >= 11 is 0. The molecule has 32 heavy (non-hydrogen) atoms. The Kier molecular flexibility index (Phi) is 7.99. The second kappa shape index (κ2) is 11.1. The van der Waals surface area contributed by atoms with E-state index in [2.05, 4.69) is 39.3 Å². The monoisotopic (exact) mass is 435 g/mol. The molecule has 0 bridgehead atoms. The van der Waals surface area contributed by atoms with Crippen LogP contribution in [0.4, 0.5) is 10.1 Å². The van der Waals surface area contributed by atoms with Crippen LogP contribution >= 0.6 is 0 Å². The smallest absolute Gasteiger partial charge is 0.276 e. The molecule has 8 heteroatoms. The Hall–Kier alpha value is -3.65. The fourth-order valence-corrected chi connectivity index (χ4v) is 3.18. The minimum absolute atomic E-state index is 0.0711. The standard InChI is InChI=1S/C24H26FN5O2/c1-3-30(4-2)16-18-6-5-7-20(14-18)29-24(32)22-21(26-12-13-27-22)23(31)28-15-17-8-10-19(25)11-9-17/h5-14H,3-4,15-16H2,1-2H3,(H,28,31)(H,29,32). The van der Waals surface area contributed by atoms with Crippen molar-refractivity contribution in [3.8, 4) is 0 Å². The van der Waals surface area contributed by atoms with E-state index in [4.69, 9.17) is 0 Å². The van der Waals surface area contributed by atoms with Gasteiger partial charge < -0.3 is 10.6 Å². The molecule has 0 radical (unpaired) electrons. The highest BCUT2D eigenvalue weighted by Crippen LogP contribution is 2.15. The third-order valence-electron chi connectivity index (χ3n) is 4.98. The summed E-state index contributed by atoms with van der Waals surface area (Å²) in [6, 6.07) is 13.4. The van der Waals surface area contributed by atoms with Crippen molar-refractivity contribution in [2.75, 3.05) is 18.4 Å². The van der Waals surface area contributed by atoms with E-state index in [0.717, 1.165) is 30.8 Å². The van der Waals surface area contributed by atoms with Crippen molar-refractivity contribution in [1.29, 1.82) is 0 Å². The van der Waals surface area contributed by atoms with Gasteiger partial charge in [0.25, 0.3) is 11.8 Å². The molecule has 0 unspecified atom stereocenters. The molecule has 0 aliphatic heterocycles. The number of benzene rings is 2. The lowest BCUT2D eigenvalue weighted by molar-refractivity contribution is 0.0931. The van der Waals surface area contributed by atoms with E-state index in [9.17, 15) is 14.0 Å². The molecule has 0 atom stereocenters. The van der Waals surface area contributed by atoms with Crippen LogP contribution in [-0.2, 0) is 13.1 Å². The van der Waals surface area contributed by atoms with Crippen LogP contribution < -0.4 is 10.6 Å². The Bertz CT molecular complexity index is 1070. The Morgan fingerprint density at radius 2 is 1.56 bits per heavy atom. The molecule has 0 saturated carbocycles. The molecule has 166 valence electrons. The quantitative estimate of drug-likeness (QED) is 0.536. The number of nitrogens with one attached hydrogen (secondary N) is 2. The topological polar surface area (TPSA) is 87.2 Å². The number of halogens is 1. The predicted octanol–water partition coefficient (Wildman–Crippen LogP) is 3.64. The molecule has 0 saturated heterocycles. The van der Waals surface area contributed by atoms with Gasteiger partial charge in [-0.15, -0.1) is 0 Å². The molecule has 7 nitrogen and oxygen atoms in total. The van der Waals surface area contributed by atoms with Crippen molar-refractivity contribution >= 4 is 17.5 Å². The first-order valence-corrected chi connectivity index (χ1v) is 10.5. The van der Waals surface area contributed by atoms with Crippen LogP contribution in [0, 0.1) is 5.82 Å². The number of anilines is 1. The zero-order valence-electron chi connectivity index (χ0n) is 18.1. The van der Waals surface area contributed by atoms with E-state index in [1.165, 1.54) is 24.5 Å². The van der Waals surface area contributed by atoms with E-state index in [1.807, 2.05) is 18.2 Å². The maximum atomic E-state index is 13.0. The summed E-state index contributed by atoms with van der Waals surface area (Å²) in [5.41, 5.74) is 2.26. The van der Waals surface area contributed by atoms with Crippen molar-refractivity contribution in [3.63, 3.8) is 0 Å². The van der Waals surface area contributed by atoms with Crippen LogP contribution in [0.15, 0.2) is 60.9 Å². The second-order valence-corrected chi connectivity index (χ2v) is 7.18. The number of carbonyl (C=O) groups excluding carboxylic acids is 2. The number of amides is 2. The Labute approximate surface area is 186 Å². The van der Waals surface area contributed by atoms with Gasteiger partial charge in [0, 0.05) is 31.2 Å². The summed E-state index contributed by atoms with van der Waals surface area (Å²) < 4.78 is 13.0. The molecule has 3 aromatic rings. The summed E-state index contributed by atoms with van der Waals surface area (Å²) in [7, 11) is 0. The number of hydrogen-bond donors (Lipinski definition) is 2. The lowest BCUT2D eigenvalue weighted by Crippen LogP contribution is -2.28. The highest BCUT2D eigenvalue weighted by molar-refractivity contribution is 6.09. The molecule has 0 aliphatic carbocycles. The molecule has 2 aromatic carbocycles. The maximum absolute atomic E-state index is 13.0. The van der Waals surface area contributed by atoms with Crippen molar-refractivity contribution in [2.45, 2.75) is 26.9 Å². The van der Waals surface area contributed by atoms with Crippen LogP contribution in [0.3, 0.4) is 0 Å². The number of hydrogen-bond acceptors (Lipinski definition) is 5. The third kappa shape index (κ3) is 6.18. The van der Waals surface area contributed by atoms with Gasteiger partial charge in [-0.2, -0.15) is 0 Å². The average molecular weight is 436 g/mol. The first-order chi connectivity index (χ1) is 15.5. The van der Waals surface area contributed by atoms with Gasteiger partial charge in [0.1, 0.15) is 5.82 Å². The lowest BCUT2D eigenvalue weighted by Gasteiger charge is -2.18. The molecular weight excluding hydrogens is 409 g/mol. The van der Waals surface area contributed by atoms with Crippen LogP contribution in [0.5, 0.6) is 0 Å². The summed E-state index contributed by atoms with van der Waals surface area (Å²) in [4.78, 5) is 35.9. The van der Waals surface area contributed by atoms with Crippen LogP contribution in [0.1, 0.15) is 46.0 Å². The van der Waals surface area contributed by atoms with Crippen molar-refractivity contribution in [3.05, 3.63) is 89.3 Å². The average Bonchev–Trinajstić information content (AvgIpc) is 2.82. The Morgan fingerprint density at radius 3 is 2.22 bits per heavy atom. The molecule has 2 N–H and O–H groups in total. The highest BCUT2D eigenvalue weighted by Gasteiger charge is 2.20. The van der Waals surface area contributed by atoms with Crippen LogP contribution in [0.2, 0.25) is 0 Å². The summed E-state index contributed by atoms with van der Waals surface area (Å²) in [5, 5.41) is 5.49. The van der Waals surface area contributed by atoms with Gasteiger partial charge in [-0.3, -0.25) is 14.5 Å². The summed E-state index contributed by atoms with van der Waals surface area (Å²) in [6.07, 6.45) is 2.72. The van der Waals surface area contributed by atoms with E-state index >= 15 is 0 Å². The minimum Gasteiger partial charge on any atom is -0.347 e. The molecule has 0 fully saturated rings. The normalized spacial score (nSPS) is 10.8. The highest BCUT2D eigenvalue weighted by atomic mass is 19.1. The first-order valence-electron chi connectivity index (χ1n) is 10.5. The molecule has 2 amide bonds. The number of rotatable bonds is 9. The largest absolute Gasteiger partial charge is 0.347 e. The summed E-state index contributed by atoms with van der Waals surface area (Å²) in [6.45, 7) is 7.02. The van der Waals surface area contributed by atoms with E-state index in [-0.39, 0.29) is 23.7 Å². The SMILES string of the molecule is CCN(CC)Cc1cccc(NC(=O)c2nccnc2C(=O)NCc2ccc(F)cc2)c1. The minimum atomic E-state index is -0.539. The van der Waals surface area contributed by atoms with Gasteiger partial charge in [-0.25, -0.2) is 14.4 Å². The van der Waals surface area contributed by atoms with Crippen LogP contribution in [0.25, 0.3) is 0 Å². The molecule has 3 rings (SSSR count). The molecule has 0 aliphatic rings. The zero-order valence-corrected chi connectivity index (χ0v) is 18.1. The van der Waals surface area contributed by atoms with E-state index in [1.54, 1.807) is 18.2 Å². The first kappa shape index (κ1) is 23.0. The predicted molar refractivity (Wildman–Crippen MR) is 121 cm³/mol. The van der Waals surface area contributed by atoms with Gasteiger partial charge >= 0.3 is 0 Å². The van der Waals surface area contributed by atoms with Gasteiger partial charge in [-0.05, 0) is 48.5 Å². The Balaban J connectivity index is 1.70. The third-order valence-corrected chi connectivity index (χ3v) is 4.98. The van der Waals surface area contributed by atoms with Gasteiger partial charge in [-0.1, -0.05) is 38.1 Å². The number of carbonyl (C=O) groups is 2. The fourth-order valence-electron chi connectivity index (χ4n) is 3.18. The fraction of sp³-hybridized carbons (Fsp3) is 0.250. The lowest BCUT2D eigenvalue weighted by atomic mass is 10.1. The molecule has 0 spiro atoms.